The first-order valence-corrected chi connectivity index (χ1v) is 6.01. The molecular weight excluding hydrogens is 187 g/mol. The molecule has 0 amide bonds. The van der Waals surface area contributed by atoms with E-state index in [2.05, 4.69) is 19.9 Å². The minimum Gasteiger partial charge on any atom is -0.207 e. The van der Waals surface area contributed by atoms with Crippen molar-refractivity contribution >= 4 is 0 Å². The third-order valence-corrected chi connectivity index (χ3v) is 2.51. The molecule has 0 atom stereocenters. The summed E-state index contributed by atoms with van der Waals surface area (Å²) in [6.45, 7) is 6.23. The maximum absolute atomic E-state index is 13.2. The first kappa shape index (κ1) is 12.2. The Balaban J connectivity index is 0.000000337. The molecule has 1 saturated carbocycles. The summed E-state index contributed by atoms with van der Waals surface area (Å²) in [5.74, 6) is 0.632. The van der Waals surface area contributed by atoms with E-state index in [1.54, 1.807) is 6.07 Å². The van der Waals surface area contributed by atoms with Crippen LogP contribution in [0, 0.1) is 5.82 Å². The Labute approximate surface area is 92.5 Å². The molecular formula is C14H21F. The van der Waals surface area contributed by atoms with Crippen LogP contribution in [0.25, 0.3) is 0 Å². The predicted octanol–water partition coefficient (Wildman–Crippen LogP) is 4.68. The van der Waals surface area contributed by atoms with Gasteiger partial charge in [-0.05, 0) is 42.4 Å². The Morgan fingerprint density at radius 3 is 2.20 bits per heavy atom. The Hall–Kier alpha value is -0.850. The van der Waals surface area contributed by atoms with Gasteiger partial charge in [0.1, 0.15) is 5.82 Å². The summed E-state index contributed by atoms with van der Waals surface area (Å²) in [4.78, 5) is 0. The normalized spacial score (nSPS) is 14.4. The predicted molar refractivity (Wildman–Crippen MR) is 63.7 cm³/mol. The van der Waals surface area contributed by atoms with Crippen molar-refractivity contribution in [3.8, 4) is 0 Å². The smallest absolute Gasteiger partial charge is 0.126 e. The lowest BCUT2D eigenvalue weighted by atomic mass is 10.1. The average molecular weight is 208 g/mol. The maximum Gasteiger partial charge on any atom is 0.126 e. The van der Waals surface area contributed by atoms with Gasteiger partial charge in [0.15, 0.2) is 0 Å². The van der Waals surface area contributed by atoms with Crippen molar-refractivity contribution in [3.05, 3.63) is 35.1 Å². The van der Waals surface area contributed by atoms with Gasteiger partial charge in [-0.3, -0.25) is 0 Å². The second kappa shape index (κ2) is 5.89. The van der Waals surface area contributed by atoms with Crippen LogP contribution in [0.5, 0.6) is 0 Å². The Morgan fingerprint density at radius 2 is 1.80 bits per heavy atom. The highest BCUT2D eigenvalue weighted by atomic mass is 19.1. The number of rotatable bonds is 2. The van der Waals surface area contributed by atoms with Crippen LogP contribution in [-0.2, 0) is 6.42 Å². The molecule has 0 radical (unpaired) electrons. The molecule has 0 aliphatic heterocycles. The van der Waals surface area contributed by atoms with E-state index in [0.29, 0.717) is 5.92 Å². The highest BCUT2D eigenvalue weighted by molar-refractivity contribution is 5.29. The fraction of sp³-hybridized carbons (Fsp3) is 0.571. The van der Waals surface area contributed by atoms with Gasteiger partial charge in [0.25, 0.3) is 0 Å². The molecule has 1 aromatic rings. The van der Waals surface area contributed by atoms with Gasteiger partial charge in [-0.25, -0.2) is 4.39 Å². The zero-order valence-electron chi connectivity index (χ0n) is 10.0. The summed E-state index contributed by atoms with van der Waals surface area (Å²) < 4.78 is 13.2. The van der Waals surface area contributed by atoms with Crippen LogP contribution in [0.3, 0.4) is 0 Å². The fourth-order valence-corrected chi connectivity index (χ4v) is 1.52. The van der Waals surface area contributed by atoms with E-state index in [1.165, 1.54) is 24.8 Å². The second-order valence-corrected chi connectivity index (χ2v) is 4.19. The summed E-state index contributed by atoms with van der Waals surface area (Å²) in [5.41, 5.74) is 2.02. The topological polar surface area (TPSA) is 0 Å². The van der Waals surface area contributed by atoms with Crippen molar-refractivity contribution < 1.29 is 4.39 Å². The summed E-state index contributed by atoms with van der Waals surface area (Å²) in [7, 11) is 0. The third kappa shape index (κ3) is 3.65. The molecule has 0 spiro atoms. The molecule has 0 aromatic heterocycles. The zero-order chi connectivity index (χ0) is 11.3. The van der Waals surface area contributed by atoms with Crippen molar-refractivity contribution in [1.82, 2.24) is 0 Å². The minimum atomic E-state index is -0.0260. The van der Waals surface area contributed by atoms with Gasteiger partial charge in [-0.2, -0.15) is 0 Å². The quantitative estimate of drug-likeness (QED) is 0.662. The van der Waals surface area contributed by atoms with Gasteiger partial charge < -0.3 is 0 Å². The molecule has 1 fully saturated rings. The van der Waals surface area contributed by atoms with Gasteiger partial charge in [0.05, 0.1) is 0 Å². The highest BCUT2D eigenvalue weighted by Crippen LogP contribution is 2.40. The molecule has 0 nitrogen and oxygen atoms in total. The van der Waals surface area contributed by atoms with Gasteiger partial charge in [-0.1, -0.05) is 39.3 Å². The van der Waals surface area contributed by atoms with Crippen LogP contribution < -0.4 is 0 Å². The molecule has 0 unspecified atom stereocenters. The second-order valence-electron chi connectivity index (χ2n) is 4.19. The summed E-state index contributed by atoms with van der Waals surface area (Å²) in [6.07, 6.45) is 4.52. The minimum absolute atomic E-state index is 0.0260. The van der Waals surface area contributed by atoms with Crippen molar-refractivity contribution in [3.63, 3.8) is 0 Å². The molecule has 1 aliphatic rings. The van der Waals surface area contributed by atoms with Gasteiger partial charge >= 0.3 is 0 Å². The third-order valence-electron chi connectivity index (χ3n) is 2.51. The Kier molecular flexibility index (Phi) is 4.80. The van der Waals surface area contributed by atoms with Crippen LogP contribution in [-0.4, -0.2) is 0 Å². The molecule has 84 valence electrons. The Bertz CT molecular complexity index is 300. The van der Waals surface area contributed by atoms with Crippen molar-refractivity contribution in [2.45, 2.75) is 52.4 Å². The molecule has 15 heavy (non-hydrogen) atoms. The van der Waals surface area contributed by atoms with Crippen molar-refractivity contribution in [2.24, 2.45) is 0 Å². The molecule has 1 aromatic carbocycles. The van der Waals surface area contributed by atoms with Crippen molar-refractivity contribution in [2.75, 3.05) is 0 Å². The maximum atomic E-state index is 13.2. The Morgan fingerprint density at radius 1 is 1.20 bits per heavy atom. The van der Waals surface area contributed by atoms with Gasteiger partial charge in [-0.15, -0.1) is 0 Å². The number of benzene rings is 1. The van der Waals surface area contributed by atoms with Crippen LogP contribution >= 0.6 is 0 Å². The lowest BCUT2D eigenvalue weighted by Crippen LogP contribution is -1.89. The largest absolute Gasteiger partial charge is 0.207 e. The molecule has 0 bridgehead atoms. The monoisotopic (exact) mass is 208 g/mol. The first-order chi connectivity index (χ1) is 7.22. The first-order valence-electron chi connectivity index (χ1n) is 6.01. The van der Waals surface area contributed by atoms with E-state index in [0.717, 1.165) is 12.0 Å². The summed E-state index contributed by atoms with van der Waals surface area (Å²) >= 11 is 0. The zero-order valence-corrected chi connectivity index (χ0v) is 10.0. The molecule has 0 N–H and O–H groups in total. The SMILES string of the molecule is CCC.CCc1ccc(C2CC2)cc1F. The average Bonchev–Trinajstić information content (AvgIpc) is 3.02. The van der Waals surface area contributed by atoms with Gasteiger partial charge in [0, 0.05) is 0 Å². The standard InChI is InChI=1S/C11H13F.C3H8/c1-2-8-3-6-10(7-11(8)12)9-4-5-9;1-3-2/h3,6-7,9H,2,4-5H2,1H3;3H2,1-2H3. The van der Waals surface area contributed by atoms with E-state index in [9.17, 15) is 4.39 Å². The number of hydrogen-bond donors (Lipinski definition) is 0. The van der Waals surface area contributed by atoms with Gasteiger partial charge in [0.2, 0.25) is 0 Å². The number of aryl methyl sites for hydroxylation is 1. The fourth-order valence-electron chi connectivity index (χ4n) is 1.52. The molecule has 1 heteroatoms. The van der Waals surface area contributed by atoms with Crippen LogP contribution in [0.15, 0.2) is 18.2 Å². The lowest BCUT2D eigenvalue weighted by Gasteiger charge is -2.02. The molecule has 0 heterocycles. The van der Waals surface area contributed by atoms with Crippen LogP contribution in [0.1, 0.15) is 57.1 Å². The molecule has 2 rings (SSSR count). The van der Waals surface area contributed by atoms with E-state index in [-0.39, 0.29) is 5.82 Å². The number of halogens is 1. The van der Waals surface area contributed by atoms with Crippen molar-refractivity contribution in [1.29, 1.82) is 0 Å². The highest BCUT2D eigenvalue weighted by Gasteiger charge is 2.23. The van der Waals surface area contributed by atoms with E-state index in [4.69, 9.17) is 0 Å². The molecule has 1 aliphatic carbocycles. The number of hydrogen-bond acceptors (Lipinski definition) is 0. The van der Waals surface area contributed by atoms with Crippen LogP contribution in [0.2, 0.25) is 0 Å². The van der Waals surface area contributed by atoms with E-state index in [1.807, 2.05) is 13.0 Å². The summed E-state index contributed by atoms with van der Waals surface area (Å²) in [6, 6.07) is 5.69. The van der Waals surface area contributed by atoms with E-state index < -0.39 is 0 Å². The molecule has 0 saturated heterocycles. The van der Waals surface area contributed by atoms with E-state index >= 15 is 0 Å². The summed E-state index contributed by atoms with van der Waals surface area (Å²) in [5, 5.41) is 0. The van der Waals surface area contributed by atoms with Crippen LogP contribution in [0.4, 0.5) is 4.39 Å². The lowest BCUT2D eigenvalue weighted by molar-refractivity contribution is 0.610.